The van der Waals surface area contributed by atoms with E-state index >= 15 is 0 Å². The van der Waals surface area contributed by atoms with Gasteiger partial charge in [-0.25, -0.2) is 0 Å². The summed E-state index contributed by atoms with van der Waals surface area (Å²) < 4.78 is 35.5. The fourth-order valence-electron chi connectivity index (χ4n) is 4.33. The molecule has 8 heteroatoms. The van der Waals surface area contributed by atoms with Crippen molar-refractivity contribution in [2.75, 3.05) is 20.8 Å². The van der Waals surface area contributed by atoms with Crippen molar-refractivity contribution in [2.24, 2.45) is 0 Å². The lowest BCUT2D eigenvalue weighted by atomic mass is 9.98. The van der Waals surface area contributed by atoms with Gasteiger partial charge in [-0.05, 0) is 42.0 Å². The van der Waals surface area contributed by atoms with Gasteiger partial charge in [0, 0.05) is 10.5 Å². The number of aliphatic hydroxyl groups excluding tert-OH is 1. The Morgan fingerprint density at radius 1 is 0.861 bits per heavy atom. The van der Waals surface area contributed by atoms with Crippen LogP contribution >= 0.6 is 11.8 Å². The summed E-state index contributed by atoms with van der Waals surface area (Å²) in [7, 11) is 3.26. The summed E-state index contributed by atoms with van der Waals surface area (Å²) in [5.74, 6) is 1.53. The number of hydrogen-bond acceptors (Lipinski definition) is 8. The molecular weight excluding hydrogens is 480 g/mol. The molecule has 0 bridgehead atoms. The molecule has 0 unspecified atom stereocenters. The summed E-state index contributed by atoms with van der Waals surface area (Å²) in [5.41, 5.74) is 1.30. The van der Waals surface area contributed by atoms with Crippen LogP contribution in [0.3, 0.4) is 0 Å². The molecule has 2 aliphatic rings. The monoisotopic (exact) mass is 510 g/mol. The number of fused-ring (bicyclic) bond motifs is 1. The molecule has 1 N–H and O–H groups in total. The second-order valence-corrected chi connectivity index (χ2v) is 9.80. The first kappa shape index (κ1) is 25.1. The molecule has 3 aromatic carbocycles. The number of hydrogen-bond donors (Lipinski definition) is 1. The topological polar surface area (TPSA) is 75.6 Å². The number of thioether (sulfide) groups is 1. The van der Waals surface area contributed by atoms with Gasteiger partial charge in [-0.1, -0.05) is 54.2 Å². The molecule has 6 atom stereocenters. The van der Waals surface area contributed by atoms with Gasteiger partial charge in [0.15, 0.2) is 6.29 Å². The third-order valence-electron chi connectivity index (χ3n) is 6.29. The predicted octanol–water partition coefficient (Wildman–Crippen LogP) is 4.58. The summed E-state index contributed by atoms with van der Waals surface area (Å²) in [4.78, 5) is 1.00. The number of benzene rings is 3. The van der Waals surface area contributed by atoms with Crippen LogP contribution in [0.4, 0.5) is 0 Å². The van der Waals surface area contributed by atoms with Crippen LogP contribution in [0.15, 0.2) is 83.8 Å². The minimum atomic E-state index is -0.913. The zero-order chi connectivity index (χ0) is 24.9. The standard InChI is InChI=1S/C28H30O7S/c1-30-20-12-8-18(9-13-20)16-32-26-24(29)28(36-22-6-4-3-5-7-22)34-23-17-33-27(35-25(23)26)19-10-14-21(31-2)15-11-19/h3-15,23-29H,16-17H2,1-2H3/t23-,24+,25-,26-,27-,28-/m1/s1. The largest absolute Gasteiger partial charge is 0.497 e. The van der Waals surface area contributed by atoms with E-state index in [0.717, 1.165) is 27.5 Å². The Labute approximate surface area is 215 Å². The SMILES string of the molecule is COc1ccc(CO[C@@H]2[C@H](O)[C@@H](Sc3ccccc3)O[C@@H]3CO[C@@H](c4ccc(OC)cc4)O[C@@H]23)cc1. The van der Waals surface area contributed by atoms with Crippen LogP contribution in [0.2, 0.25) is 0 Å². The van der Waals surface area contributed by atoms with Crippen molar-refractivity contribution in [3.8, 4) is 11.5 Å². The van der Waals surface area contributed by atoms with Crippen molar-refractivity contribution in [2.45, 2.75) is 47.6 Å². The molecule has 7 nitrogen and oxygen atoms in total. The fraction of sp³-hybridized carbons (Fsp3) is 0.357. The van der Waals surface area contributed by atoms with Crippen LogP contribution in [0.25, 0.3) is 0 Å². The van der Waals surface area contributed by atoms with Gasteiger partial charge in [0.05, 0.1) is 27.4 Å². The minimum absolute atomic E-state index is 0.315. The number of rotatable bonds is 8. The van der Waals surface area contributed by atoms with E-state index in [4.69, 9.17) is 28.4 Å². The summed E-state index contributed by atoms with van der Waals surface area (Å²) in [5, 5.41) is 11.4. The van der Waals surface area contributed by atoms with E-state index in [1.54, 1.807) is 14.2 Å². The lowest BCUT2D eigenvalue weighted by molar-refractivity contribution is -0.325. The van der Waals surface area contributed by atoms with Gasteiger partial charge in [0.2, 0.25) is 0 Å². The van der Waals surface area contributed by atoms with Gasteiger partial charge >= 0.3 is 0 Å². The molecule has 0 radical (unpaired) electrons. The Kier molecular flexibility index (Phi) is 8.11. The van der Waals surface area contributed by atoms with Gasteiger partial charge in [-0.3, -0.25) is 0 Å². The third kappa shape index (κ3) is 5.70. The molecular formula is C28H30O7S. The molecule has 0 aliphatic carbocycles. The van der Waals surface area contributed by atoms with Crippen molar-refractivity contribution < 1.29 is 33.5 Å². The Morgan fingerprint density at radius 2 is 1.53 bits per heavy atom. The lowest BCUT2D eigenvalue weighted by Gasteiger charge is -2.47. The lowest BCUT2D eigenvalue weighted by Crippen LogP contribution is -2.61. The van der Waals surface area contributed by atoms with Crippen LogP contribution in [0.5, 0.6) is 11.5 Å². The van der Waals surface area contributed by atoms with E-state index in [1.165, 1.54) is 11.8 Å². The molecule has 190 valence electrons. The molecule has 2 saturated heterocycles. The summed E-state index contributed by atoms with van der Waals surface area (Å²) in [6.45, 7) is 0.636. The second-order valence-electron chi connectivity index (χ2n) is 8.63. The van der Waals surface area contributed by atoms with E-state index in [1.807, 2.05) is 78.9 Å². The first-order valence-corrected chi connectivity index (χ1v) is 12.7. The van der Waals surface area contributed by atoms with E-state index in [2.05, 4.69) is 0 Å². The van der Waals surface area contributed by atoms with Crippen LogP contribution in [0, 0.1) is 0 Å². The Morgan fingerprint density at radius 3 is 2.19 bits per heavy atom. The summed E-state index contributed by atoms with van der Waals surface area (Å²) >= 11 is 1.47. The summed E-state index contributed by atoms with van der Waals surface area (Å²) in [6, 6.07) is 25.1. The van der Waals surface area contributed by atoms with Crippen molar-refractivity contribution in [3.63, 3.8) is 0 Å². The highest BCUT2D eigenvalue weighted by molar-refractivity contribution is 7.99. The van der Waals surface area contributed by atoms with Crippen molar-refractivity contribution in [3.05, 3.63) is 90.0 Å². The Balaban J connectivity index is 1.35. The van der Waals surface area contributed by atoms with Crippen LogP contribution in [-0.2, 0) is 25.6 Å². The maximum absolute atomic E-state index is 11.4. The fourth-order valence-corrected chi connectivity index (χ4v) is 5.40. The first-order chi connectivity index (χ1) is 17.6. The third-order valence-corrected chi connectivity index (χ3v) is 7.46. The number of methoxy groups -OCH3 is 2. The first-order valence-electron chi connectivity index (χ1n) is 11.9. The van der Waals surface area contributed by atoms with Crippen LogP contribution < -0.4 is 9.47 Å². The second kappa shape index (κ2) is 11.6. The van der Waals surface area contributed by atoms with Gasteiger partial charge in [0.25, 0.3) is 0 Å². The Bertz CT molecular complexity index is 1090. The Hall–Kier alpha value is -2.59. The van der Waals surface area contributed by atoms with Crippen molar-refractivity contribution in [1.29, 1.82) is 0 Å². The maximum Gasteiger partial charge on any atom is 0.184 e. The van der Waals surface area contributed by atoms with E-state index in [9.17, 15) is 5.11 Å². The zero-order valence-corrected chi connectivity index (χ0v) is 21.0. The molecule has 0 saturated carbocycles. The highest BCUT2D eigenvalue weighted by Crippen LogP contribution is 2.40. The van der Waals surface area contributed by atoms with Gasteiger partial charge in [-0.15, -0.1) is 0 Å². The molecule has 3 aromatic rings. The predicted molar refractivity (Wildman–Crippen MR) is 135 cm³/mol. The normalized spacial score (nSPS) is 27.8. The van der Waals surface area contributed by atoms with Crippen molar-refractivity contribution >= 4 is 11.8 Å². The molecule has 2 fully saturated rings. The quantitative estimate of drug-likeness (QED) is 0.472. The van der Waals surface area contributed by atoms with Crippen LogP contribution in [-0.4, -0.2) is 55.8 Å². The number of aliphatic hydroxyl groups is 1. The maximum atomic E-state index is 11.4. The van der Waals surface area contributed by atoms with E-state index in [0.29, 0.717) is 13.2 Å². The average molecular weight is 511 g/mol. The molecule has 0 aromatic heterocycles. The molecule has 5 rings (SSSR count). The molecule has 0 spiro atoms. The molecule has 0 amide bonds. The van der Waals surface area contributed by atoms with E-state index < -0.39 is 30.0 Å². The summed E-state index contributed by atoms with van der Waals surface area (Å²) in [6.07, 6.45) is -3.02. The average Bonchev–Trinajstić information content (AvgIpc) is 2.94. The number of ether oxygens (including phenoxy) is 6. The zero-order valence-electron chi connectivity index (χ0n) is 20.2. The van der Waals surface area contributed by atoms with Crippen LogP contribution in [0.1, 0.15) is 17.4 Å². The van der Waals surface area contributed by atoms with Gasteiger partial charge in [-0.2, -0.15) is 0 Å². The van der Waals surface area contributed by atoms with Crippen molar-refractivity contribution in [1.82, 2.24) is 0 Å². The smallest absolute Gasteiger partial charge is 0.184 e. The molecule has 36 heavy (non-hydrogen) atoms. The highest BCUT2D eigenvalue weighted by atomic mass is 32.2. The highest BCUT2D eigenvalue weighted by Gasteiger charge is 2.50. The minimum Gasteiger partial charge on any atom is -0.497 e. The van der Waals surface area contributed by atoms with Gasteiger partial charge < -0.3 is 33.5 Å². The van der Waals surface area contributed by atoms with Gasteiger partial charge in [0.1, 0.15) is 41.4 Å². The molecule has 2 heterocycles. The molecule has 2 aliphatic heterocycles. The van der Waals surface area contributed by atoms with E-state index in [-0.39, 0.29) is 6.10 Å².